The third-order valence-corrected chi connectivity index (χ3v) is 6.81. The minimum Gasteiger partial charge on any atom is -0.312 e. The van der Waals surface area contributed by atoms with Crippen LogP contribution in [0.3, 0.4) is 0 Å². The highest BCUT2D eigenvalue weighted by Crippen LogP contribution is 2.34. The lowest BCUT2D eigenvalue weighted by atomic mass is 9.98. The van der Waals surface area contributed by atoms with Gasteiger partial charge < -0.3 is 5.32 Å². The third kappa shape index (κ3) is 3.13. The molecule has 0 aromatic carbocycles. The number of hydrogen-bond acceptors (Lipinski definition) is 3. The van der Waals surface area contributed by atoms with Crippen LogP contribution < -0.4 is 5.32 Å². The summed E-state index contributed by atoms with van der Waals surface area (Å²) in [6, 6.07) is 5.15. The Morgan fingerprint density at radius 3 is 2.84 bits per heavy atom. The van der Waals surface area contributed by atoms with Gasteiger partial charge in [-0.3, -0.25) is 0 Å². The predicted octanol–water partition coefficient (Wildman–Crippen LogP) is 4.95. The van der Waals surface area contributed by atoms with Crippen LogP contribution in [-0.4, -0.2) is 7.05 Å². The normalized spacial score (nSPS) is 16.3. The van der Waals surface area contributed by atoms with Gasteiger partial charge in [0.1, 0.15) is 0 Å². The minimum absolute atomic E-state index is 0.459. The molecule has 0 saturated heterocycles. The molecule has 2 aromatic heterocycles. The zero-order valence-electron chi connectivity index (χ0n) is 11.0. The molecule has 2 heterocycles. The highest BCUT2D eigenvalue weighted by molar-refractivity contribution is 9.10. The maximum atomic E-state index is 3.54. The summed E-state index contributed by atoms with van der Waals surface area (Å²) in [6.45, 7) is 0. The lowest BCUT2D eigenvalue weighted by molar-refractivity contribution is 0.606. The Bertz CT molecular complexity index is 535. The second kappa shape index (κ2) is 6.08. The van der Waals surface area contributed by atoms with Crippen LogP contribution in [0.25, 0.3) is 0 Å². The van der Waals surface area contributed by atoms with Crippen LogP contribution in [0.4, 0.5) is 0 Å². The van der Waals surface area contributed by atoms with E-state index in [1.165, 1.54) is 39.9 Å². The average molecular weight is 356 g/mol. The summed E-state index contributed by atoms with van der Waals surface area (Å²) in [7, 11) is 2.08. The standard InChI is InChI=1S/C15H18BrNS2/c1-17-13(8-12-7-11(16)9-18-12)15-6-10-4-2-3-5-14(10)19-15/h6-7,9,13,17H,2-5,8H2,1H3. The number of nitrogens with one attached hydrogen (secondary N) is 1. The minimum atomic E-state index is 0.459. The number of halogens is 1. The smallest absolute Gasteiger partial charge is 0.0461 e. The Labute approximate surface area is 131 Å². The van der Waals surface area contributed by atoms with Crippen molar-refractivity contribution in [1.29, 1.82) is 0 Å². The van der Waals surface area contributed by atoms with Crippen molar-refractivity contribution < 1.29 is 0 Å². The van der Waals surface area contributed by atoms with E-state index in [4.69, 9.17) is 0 Å². The van der Waals surface area contributed by atoms with Gasteiger partial charge in [-0.15, -0.1) is 22.7 Å². The molecule has 1 nitrogen and oxygen atoms in total. The molecule has 0 amide bonds. The van der Waals surface area contributed by atoms with Crippen LogP contribution in [0.2, 0.25) is 0 Å². The largest absolute Gasteiger partial charge is 0.312 e. The van der Waals surface area contributed by atoms with Gasteiger partial charge in [-0.05, 0) is 66.4 Å². The van der Waals surface area contributed by atoms with E-state index in [9.17, 15) is 0 Å². The second-order valence-electron chi connectivity index (χ2n) is 5.08. The Hall–Kier alpha value is -0.160. The van der Waals surface area contributed by atoms with Crippen molar-refractivity contribution in [3.8, 4) is 0 Å². The van der Waals surface area contributed by atoms with Crippen molar-refractivity contribution in [3.63, 3.8) is 0 Å². The summed E-state index contributed by atoms with van der Waals surface area (Å²) in [6.07, 6.45) is 6.40. The fourth-order valence-corrected chi connectivity index (χ4v) is 5.56. The van der Waals surface area contributed by atoms with Crippen LogP contribution in [0.15, 0.2) is 22.0 Å². The third-order valence-electron chi connectivity index (χ3n) is 3.73. The van der Waals surface area contributed by atoms with Gasteiger partial charge in [-0.2, -0.15) is 0 Å². The number of likely N-dealkylation sites (N-methyl/N-ethyl adjacent to an activating group) is 1. The molecule has 0 radical (unpaired) electrons. The number of fused-ring (bicyclic) bond motifs is 1. The fraction of sp³-hybridized carbons (Fsp3) is 0.467. The molecule has 1 atom stereocenters. The molecule has 4 heteroatoms. The van der Waals surface area contributed by atoms with Crippen molar-refractivity contribution in [1.82, 2.24) is 5.32 Å². The molecular weight excluding hydrogens is 338 g/mol. The predicted molar refractivity (Wildman–Crippen MR) is 88.5 cm³/mol. The van der Waals surface area contributed by atoms with E-state index in [1.54, 1.807) is 10.4 Å². The monoisotopic (exact) mass is 355 g/mol. The Morgan fingerprint density at radius 1 is 1.32 bits per heavy atom. The average Bonchev–Trinajstić information content (AvgIpc) is 3.01. The quantitative estimate of drug-likeness (QED) is 0.817. The van der Waals surface area contributed by atoms with Crippen LogP contribution in [0, 0.1) is 0 Å². The topological polar surface area (TPSA) is 12.0 Å². The van der Waals surface area contributed by atoms with E-state index in [1.807, 2.05) is 22.7 Å². The Morgan fingerprint density at radius 2 is 2.16 bits per heavy atom. The molecule has 1 aliphatic rings. The maximum Gasteiger partial charge on any atom is 0.0461 e. The molecule has 3 rings (SSSR count). The first-order chi connectivity index (χ1) is 9.26. The Balaban J connectivity index is 1.79. The van der Waals surface area contributed by atoms with Crippen LogP contribution in [0.1, 0.15) is 39.1 Å². The number of hydrogen-bond donors (Lipinski definition) is 1. The van der Waals surface area contributed by atoms with Crippen molar-refractivity contribution in [2.45, 2.75) is 38.1 Å². The van der Waals surface area contributed by atoms with Crippen molar-refractivity contribution in [2.24, 2.45) is 0 Å². The molecule has 0 bridgehead atoms. The van der Waals surface area contributed by atoms with Gasteiger partial charge in [-0.25, -0.2) is 0 Å². The van der Waals surface area contributed by atoms with Gasteiger partial charge in [0, 0.05) is 36.9 Å². The lowest BCUT2D eigenvalue weighted by Gasteiger charge is -2.13. The van der Waals surface area contributed by atoms with Crippen LogP contribution >= 0.6 is 38.6 Å². The van der Waals surface area contributed by atoms with E-state index >= 15 is 0 Å². The maximum absolute atomic E-state index is 3.54. The van der Waals surface area contributed by atoms with Gasteiger partial charge in [0.15, 0.2) is 0 Å². The zero-order chi connectivity index (χ0) is 13.2. The summed E-state index contributed by atoms with van der Waals surface area (Å²) in [4.78, 5) is 4.59. The molecule has 102 valence electrons. The summed E-state index contributed by atoms with van der Waals surface area (Å²) in [5, 5.41) is 5.66. The van der Waals surface area contributed by atoms with Gasteiger partial charge >= 0.3 is 0 Å². The Kier molecular flexibility index (Phi) is 4.42. The van der Waals surface area contributed by atoms with E-state index in [0.717, 1.165) is 6.42 Å². The molecule has 0 aliphatic heterocycles. The first kappa shape index (κ1) is 13.8. The van der Waals surface area contributed by atoms with E-state index in [2.05, 4.69) is 45.8 Å². The van der Waals surface area contributed by atoms with E-state index < -0.39 is 0 Å². The van der Waals surface area contributed by atoms with Gasteiger partial charge in [-0.1, -0.05) is 0 Å². The lowest BCUT2D eigenvalue weighted by Crippen LogP contribution is -2.17. The first-order valence-electron chi connectivity index (χ1n) is 6.78. The highest BCUT2D eigenvalue weighted by atomic mass is 79.9. The van der Waals surface area contributed by atoms with Crippen molar-refractivity contribution >= 4 is 38.6 Å². The number of aryl methyl sites for hydroxylation is 2. The summed E-state index contributed by atoms with van der Waals surface area (Å²) >= 11 is 7.40. The summed E-state index contributed by atoms with van der Waals surface area (Å²) < 4.78 is 1.20. The molecule has 0 spiro atoms. The van der Waals surface area contributed by atoms with Crippen molar-refractivity contribution in [3.05, 3.63) is 42.2 Å². The van der Waals surface area contributed by atoms with Gasteiger partial charge in [0.2, 0.25) is 0 Å². The fourth-order valence-electron chi connectivity index (χ4n) is 2.69. The number of thiophene rings is 2. The molecule has 0 saturated carbocycles. The van der Waals surface area contributed by atoms with E-state index in [0.29, 0.717) is 6.04 Å². The molecular formula is C15H18BrNS2. The van der Waals surface area contributed by atoms with Crippen LogP contribution in [0.5, 0.6) is 0 Å². The molecule has 0 fully saturated rings. The van der Waals surface area contributed by atoms with Gasteiger partial charge in [0.25, 0.3) is 0 Å². The second-order valence-corrected chi connectivity index (χ2v) is 8.16. The first-order valence-corrected chi connectivity index (χ1v) is 9.27. The van der Waals surface area contributed by atoms with Crippen LogP contribution in [-0.2, 0) is 19.3 Å². The molecule has 1 aliphatic carbocycles. The highest BCUT2D eigenvalue weighted by Gasteiger charge is 2.19. The molecule has 1 unspecified atom stereocenters. The van der Waals surface area contributed by atoms with E-state index in [-0.39, 0.29) is 0 Å². The number of rotatable bonds is 4. The molecule has 19 heavy (non-hydrogen) atoms. The summed E-state index contributed by atoms with van der Waals surface area (Å²) in [5.74, 6) is 0. The zero-order valence-corrected chi connectivity index (χ0v) is 14.3. The summed E-state index contributed by atoms with van der Waals surface area (Å²) in [5.41, 5.74) is 1.61. The van der Waals surface area contributed by atoms with Gasteiger partial charge in [0.05, 0.1) is 0 Å². The SMILES string of the molecule is CNC(Cc1cc(Br)cs1)c1cc2c(s1)CCCC2. The molecule has 1 N–H and O–H groups in total. The molecule has 2 aromatic rings. The van der Waals surface area contributed by atoms with Crippen molar-refractivity contribution in [2.75, 3.05) is 7.05 Å².